The number of nitrogens with one attached hydrogen (secondary N) is 1. The van der Waals surface area contributed by atoms with Gasteiger partial charge in [0.15, 0.2) is 11.6 Å². The molecule has 1 atom stereocenters. The molecule has 0 aliphatic rings. The van der Waals surface area contributed by atoms with Gasteiger partial charge in [-0.15, -0.1) is 11.8 Å². The molecular weight excluding hydrogens is 391 g/mol. The zero-order valence-electron chi connectivity index (χ0n) is 15.7. The molecule has 0 spiro atoms. The number of thioether (sulfide) groups is 1. The topological polar surface area (TPSA) is 91.1 Å². The van der Waals surface area contributed by atoms with Crippen LogP contribution in [0.15, 0.2) is 59.8 Å². The third-order valence-corrected chi connectivity index (χ3v) is 5.01. The van der Waals surface area contributed by atoms with Crippen LogP contribution in [0.4, 0.5) is 16.0 Å². The molecule has 0 aliphatic heterocycles. The lowest BCUT2D eigenvalue weighted by Gasteiger charge is -2.15. The number of halogens is 1. The zero-order valence-corrected chi connectivity index (χ0v) is 16.5. The molecule has 1 unspecified atom stereocenters. The van der Waals surface area contributed by atoms with Gasteiger partial charge in [-0.2, -0.15) is 5.26 Å². The van der Waals surface area contributed by atoms with E-state index in [1.807, 2.05) is 19.1 Å². The molecule has 6 nitrogen and oxygen atoms in total. The quantitative estimate of drug-likeness (QED) is 0.511. The first-order chi connectivity index (χ1) is 14.1. The van der Waals surface area contributed by atoms with E-state index in [2.05, 4.69) is 15.3 Å². The van der Waals surface area contributed by atoms with Gasteiger partial charge in [0.05, 0.1) is 5.56 Å². The third kappa shape index (κ3) is 5.91. The van der Waals surface area contributed by atoms with Crippen LogP contribution in [0.2, 0.25) is 0 Å². The lowest BCUT2D eigenvalue weighted by molar-refractivity contribution is 0.289. The first-order valence-electron chi connectivity index (χ1n) is 8.91. The van der Waals surface area contributed by atoms with Crippen molar-refractivity contribution >= 4 is 23.4 Å². The summed E-state index contributed by atoms with van der Waals surface area (Å²) in [5.74, 6) is 1.51. The van der Waals surface area contributed by atoms with Gasteiger partial charge in [0.1, 0.15) is 23.5 Å². The van der Waals surface area contributed by atoms with Crippen LogP contribution >= 0.6 is 11.8 Å². The van der Waals surface area contributed by atoms with E-state index in [4.69, 9.17) is 15.1 Å². The van der Waals surface area contributed by atoms with E-state index in [0.717, 1.165) is 4.90 Å². The molecule has 148 valence electrons. The summed E-state index contributed by atoms with van der Waals surface area (Å²) in [4.78, 5) is 9.51. The van der Waals surface area contributed by atoms with Gasteiger partial charge in [-0.05, 0) is 48.9 Å². The van der Waals surface area contributed by atoms with Crippen LogP contribution in [-0.2, 0) is 0 Å². The van der Waals surface area contributed by atoms with Crippen molar-refractivity contribution < 1.29 is 14.2 Å². The van der Waals surface area contributed by atoms with Crippen molar-refractivity contribution in [1.82, 2.24) is 9.97 Å². The van der Waals surface area contributed by atoms with Gasteiger partial charge in [0.25, 0.3) is 0 Å². The highest BCUT2D eigenvalue weighted by molar-refractivity contribution is 7.99. The number of anilines is 2. The molecule has 0 fully saturated rings. The van der Waals surface area contributed by atoms with Crippen molar-refractivity contribution in [3.8, 4) is 17.6 Å². The van der Waals surface area contributed by atoms with Crippen LogP contribution in [0, 0.1) is 17.1 Å². The molecular formula is C21H19FN4O2S. The van der Waals surface area contributed by atoms with Crippen LogP contribution in [-0.4, -0.2) is 26.9 Å². The molecule has 0 saturated heterocycles. The number of nitrogens with zero attached hydrogens (tertiary/aromatic N) is 3. The van der Waals surface area contributed by atoms with Crippen molar-refractivity contribution in [3.63, 3.8) is 0 Å². The van der Waals surface area contributed by atoms with Crippen molar-refractivity contribution in [1.29, 1.82) is 5.26 Å². The molecule has 0 amide bonds. The number of benzene rings is 1. The fourth-order valence-corrected chi connectivity index (χ4v) is 3.40. The number of rotatable bonds is 8. The summed E-state index contributed by atoms with van der Waals surface area (Å²) in [5, 5.41) is 21.3. The lowest BCUT2D eigenvalue weighted by atomic mass is 10.3. The monoisotopic (exact) mass is 410 g/mol. The Bertz CT molecular complexity index is 991. The molecule has 29 heavy (non-hydrogen) atoms. The minimum Gasteiger partial charge on any atom is -0.453 e. The first-order valence-corrected chi connectivity index (χ1v) is 9.79. The molecule has 0 saturated carbocycles. The Labute approximate surface area is 172 Å². The average Bonchev–Trinajstić information content (AvgIpc) is 2.72. The van der Waals surface area contributed by atoms with Gasteiger partial charge in [-0.3, -0.25) is 0 Å². The van der Waals surface area contributed by atoms with Gasteiger partial charge in [0.2, 0.25) is 0 Å². The first kappa shape index (κ1) is 20.6. The zero-order chi connectivity index (χ0) is 20.6. The van der Waals surface area contributed by atoms with E-state index in [1.54, 1.807) is 30.1 Å². The Morgan fingerprint density at radius 3 is 2.66 bits per heavy atom. The maximum absolute atomic E-state index is 13.2. The summed E-state index contributed by atoms with van der Waals surface area (Å²) in [5.41, 5.74) is 0.455. The molecule has 3 aromatic rings. The van der Waals surface area contributed by atoms with Crippen LogP contribution in [0.1, 0.15) is 18.9 Å². The Hall–Kier alpha value is -3.15. The normalized spacial score (nSPS) is 11.5. The number of nitriles is 1. The summed E-state index contributed by atoms with van der Waals surface area (Å²) < 4.78 is 19.1. The van der Waals surface area contributed by atoms with E-state index in [1.165, 1.54) is 30.5 Å². The number of pyridine rings is 2. The lowest BCUT2D eigenvalue weighted by Crippen LogP contribution is -2.02. The van der Waals surface area contributed by atoms with Crippen molar-refractivity contribution in [2.75, 3.05) is 11.9 Å². The number of ether oxygens (including phenoxy) is 1. The summed E-state index contributed by atoms with van der Waals surface area (Å²) in [6.07, 6.45) is 3.83. The Balaban J connectivity index is 1.88. The average molecular weight is 410 g/mol. The number of aromatic nitrogens is 2. The molecule has 1 aromatic carbocycles. The molecule has 3 rings (SSSR count). The van der Waals surface area contributed by atoms with E-state index >= 15 is 0 Å². The maximum Gasteiger partial charge on any atom is 0.175 e. The van der Waals surface area contributed by atoms with E-state index in [0.29, 0.717) is 35.1 Å². The van der Waals surface area contributed by atoms with Gasteiger partial charge in [0, 0.05) is 29.1 Å². The molecule has 2 N–H and O–H groups in total. The molecule has 0 radical (unpaired) electrons. The second-order valence-corrected chi connectivity index (χ2v) is 7.70. The number of hydrogen-bond donors (Lipinski definition) is 2. The highest BCUT2D eigenvalue weighted by Gasteiger charge is 2.12. The van der Waals surface area contributed by atoms with E-state index in [-0.39, 0.29) is 17.7 Å². The van der Waals surface area contributed by atoms with Crippen molar-refractivity contribution in [2.24, 2.45) is 0 Å². The van der Waals surface area contributed by atoms with Crippen LogP contribution in [0.3, 0.4) is 0 Å². The molecule has 2 heterocycles. The van der Waals surface area contributed by atoms with Gasteiger partial charge >= 0.3 is 0 Å². The maximum atomic E-state index is 13.2. The molecule has 0 aliphatic carbocycles. The van der Waals surface area contributed by atoms with Crippen LogP contribution in [0.5, 0.6) is 11.5 Å². The van der Waals surface area contributed by atoms with Gasteiger partial charge in [-0.25, -0.2) is 14.4 Å². The molecule has 2 aromatic heterocycles. The number of aliphatic hydroxyl groups is 1. The SMILES string of the molecule is CC(CCO)Sc1cnc(Nc2ccc(C#N)cn2)c(Oc2ccc(F)cc2)c1. The van der Waals surface area contributed by atoms with Crippen LogP contribution < -0.4 is 10.1 Å². The van der Waals surface area contributed by atoms with E-state index in [9.17, 15) is 4.39 Å². The number of aliphatic hydroxyl groups excluding tert-OH is 1. The standard InChI is InChI=1S/C21H19FN4O2S/c1-14(8-9-27)29-18-10-19(28-17-5-3-16(22)4-6-17)21(25-13-18)26-20-7-2-15(11-23)12-24-20/h2-7,10,12-14,27H,8-9H2,1H3,(H,24,25,26). The minimum atomic E-state index is -0.349. The van der Waals surface area contributed by atoms with E-state index < -0.39 is 0 Å². The predicted molar refractivity (Wildman–Crippen MR) is 110 cm³/mol. The predicted octanol–water partition coefficient (Wildman–Crippen LogP) is 4.89. The second kappa shape index (κ2) is 9.87. The highest BCUT2D eigenvalue weighted by Crippen LogP contribution is 2.35. The Morgan fingerprint density at radius 1 is 1.21 bits per heavy atom. The summed E-state index contributed by atoms with van der Waals surface area (Å²) in [6.45, 7) is 2.14. The summed E-state index contributed by atoms with van der Waals surface area (Å²) >= 11 is 1.57. The van der Waals surface area contributed by atoms with Crippen molar-refractivity contribution in [3.05, 3.63) is 66.2 Å². The fraction of sp³-hybridized carbons (Fsp3) is 0.190. The fourth-order valence-electron chi connectivity index (χ4n) is 2.42. The highest BCUT2D eigenvalue weighted by atomic mass is 32.2. The van der Waals surface area contributed by atoms with Gasteiger partial charge < -0.3 is 15.2 Å². The van der Waals surface area contributed by atoms with Crippen LogP contribution in [0.25, 0.3) is 0 Å². The third-order valence-electron chi connectivity index (χ3n) is 3.88. The second-order valence-electron chi connectivity index (χ2n) is 6.18. The molecule has 0 bridgehead atoms. The Kier molecular flexibility index (Phi) is 7.00. The summed E-state index contributed by atoms with van der Waals surface area (Å²) in [6, 6.07) is 12.9. The van der Waals surface area contributed by atoms with Gasteiger partial charge in [-0.1, -0.05) is 6.92 Å². The largest absolute Gasteiger partial charge is 0.453 e. The Morgan fingerprint density at radius 2 is 2.00 bits per heavy atom. The molecule has 8 heteroatoms. The smallest absolute Gasteiger partial charge is 0.175 e. The van der Waals surface area contributed by atoms with Crippen molar-refractivity contribution in [2.45, 2.75) is 23.5 Å². The number of hydrogen-bond acceptors (Lipinski definition) is 7. The minimum absolute atomic E-state index is 0.116. The summed E-state index contributed by atoms with van der Waals surface area (Å²) in [7, 11) is 0.